The second-order valence-corrected chi connectivity index (χ2v) is 16.0. The molecule has 11 heteroatoms. The standard InChI is InChI=1S/C20H31FN2O6SSi/c1-7-30(25,26)28-17-20(22-12-9-13-22,15-10-8-11-16(21)14-15)23(18(24)27-17)29-31(5,6)19(2,3)4/h8,10-11,14,17H,7,9,12-13H2,1-6H3. The van der Waals surface area contributed by atoms with Crippen molar-refractivity contribution in [3.63, 3.8) is 0 Å². The summed E-state index contributed by atoms with van der Waals surface area (Å²) in [5, 5.41) is 0.832. The SMILES string of the molecule is CCS(=O)(=O)OC1OC(=O)N(O[Si](C)(C)C(C)(C)C)C1(c1cccc(F)c1)N1CCC1. The van der Waals surface area contributed by atoms with E-state index in [1.54, 1.807) is 6.07 Å². The minimum absolute atomic E-state index is 0.260. The summed E-state index contributed by atoms with van der Waals surface area (Å²) in [7, 11) is -6.58. The monoisotopic (exact) mass is 474 g/mol. The summed E-state index contributed by atoms with van der Waals surface area (Å²) in [6, 6.07) is 5.67. The average molecular weight is 475 g/mol. The number of hydroxylamine groups is 2. The Morgan fingerprint density at radius 3 is 2.42 bits per heavy atom. The maximum absolute atomic E-state index is 14.3. The van der Waals surface area contributed by atoms with Crippen molar-refractivity contribution >= 4 is 24.5 Å². The minimum Gasteiger partial charge on any atom is -0.412 e. The first-order valence-corrected chi connectivity index (χ1v) is 14.9. The van der Waals surface area contributed by atoms with Gasteiger partial charge in [-0.2, -0.15) is 13.5 Å². The van der Waals surface area contributed by atoms with Crippen LogP contribution < -0.4 is 0 Å². The van der Waals surface area contributed by atoms with Gasteiger partial charge in [0.15, 0.2) is 0 Å². The molecule has 3 rings (SSSR count). The van der Waals surface area contributed by atoms with Crippen LogP contribution in [0.4, 0.5) is 9.18 Å². The third kappa shape index (κ3) is 4.25. The normalized spacial score (nSPS) is 25.5. The highest BCUT2D eigenvalue weighted by Gasteiger charge is 2.65. The molecule has 1 amide bonds. The van der Waals surface area contributed by atoms with Crippen LogP contribution in [0.2, 0.25) is 18.1 Å². The molecule has 2 aliphatic heterocycles. The zero-order valence-electron chi connectivity index (χ0n) is 18.8. The van der Waals surface area contributed by atoms with Crippen molar-refractivity contribution < 1.29 is 31.0 Å². The third-order valence-corrected chi connectivity index (χ3v) is 11.7. The largest absolute Gasteiger partial charge is 0.437 e. The molecule has 0 spiro atoms. The van der Waals surface area contributed by atoms with Gasteiger partial charge in [0, 0.05) is 18.7 Å². The van der Waals surface area contributed by atoms with Crippen molar-refractivity contribution in [3.05, 3.63) is 35.6 Å². The third-order valence-electron chi connectivity index (χ3n) is 6.31. The van der Waals surface area contributed by atoms with Crippen LogP contribution in [0.15, 0.2) is 24.3 Å². The van der Waals surface area contributed by atoms with Gasteiger partial charge in [0.2, 0.25) is 14.0 Å². The molecule has 1 aromatic rings. The molecule has 1 aromatic carbocycles. The number of ether oxygens (including phenoxy) is 1. The first-order chi connectivity index (χ1) is 14.2. The molecule has 0 saturated carbocycles. The Kier molecular flexibility index (Phi) is 6.31. The van der Waals surface area contributed by atoms with Gasteiger partial charge in [0.25, 0.3) is 16.4 Å². The van der Waals surface area contributed by atoms with Gasteiger partial charge >= 0.3 is 6.09 Å². The predicted octanol–water partition coefficient (Wildman–Crippen LogP) is 3.77. The van der Waals surface area contributed by atoms with Crippen molar-refractivity contribution in [1.29, 1.82) is 0 Å². The smallest absolute Gasteiger partial charge is 0.412 e. The molecule has 2 aliphatic rings. The lowest BCUT2D eigenvalue weighted by atomic mass is 9.93. The van der Waals surface area contributed by atoms with Crippen LogP contribution in [0.3, 0.4) is 0 Å². The molecular formula is C20H31FN2O6SSi. The van der Waals surface area contributed by atoms with Gasteiger partial charge in [-0.1, -0.05) is 32.9 Å². The molecule has 0 aliphatic carbocycles. The number of likely N-dealkylation sites (tertiary alicyclic amines) is 1. The lowest BCUT2D eigenvalue weighted by molar-refractivity contribution is -0.226. The molecule has 174 valence electrons. The second kappa shape index (κ2) is 8.11. The highest BCUT2D eigenvalue weighted by atomic mass is 32.2. The number of benzene rings is 1. The molecule has 0 N–H and O–H groups in total. The average Bonchev–Trinajstić information content (AvgIpc) is 2.84. The Bertz CT molecular complexity index is 947. The first-order valence-electron chi connectivity index (χ1n) is 10.4. The van der Waals surface area contributed by atoms with Crippen molar-refractivity contribution in [2.45, 2.75) is 64.2 Å². The van der Waals surface area contributed by atoms with E-state index in [0.717, 1.165) is 11.5 Å². The Morgan fingerprint density at radius 1 is 1.29 bits per heavy atom. The molecule has 2 heterocycles. The molecule has 0 radical (unpaired) electrons. The van der Waals surface area contributed by atoms with E-state index in [0.29, 0.717) is 18.7 Å². The zero-order chi connectivity index (χ0) is 23.2. The van der Waals surface area contributed by atoms with Crippen LogP contribution in [-0.4, -0.2) is 57.9 Å². The van der Waals surface area contributed by atoms with E-state index in [4.69, 9.17) is 13.4 Å². The first kappa shape index (κ1) is 24.1. The minimum atomic E-state index is -4.00. The maximum Gasteiger partial charge on any atom is 0.437 e. The molecule has 2 unspecified atom stereocenters. The molecule has 0 bridgehead atoms. The fourth-order valence-electron chi connectivity index (χ4n) is 3.30. The molecular weight excluding hydrogens is 443 g/mol. The fraction of sp³-hybridized carbons (Fsp3) is 0.650. The Morgan fingerprint density at radius 2 is 1.94 bits per heavy atom. The highest BCUT2D eigenvalue weighted by molar-refractivity contribution is 7.86. The van der Waals surface area contributed by atoms with Crippen molar-refractivity contribution in [3.8, 4) is 0 Å². The van der Waals surface area contributed by atoms with Crippen LogP contribution in [0.1, 0.15) is 39.7 Å². The van der Waals surface area contributed by atoms with Gasteiger partial charge in [0.1, 0.15) is 5.82 Å². The second-order valence-electron chi connectivity index (χ2n) is 9.38. The molecule has 31 heavy (non-hydrogen) atoms. The number of cyclic esters (lactones) is 1. The number of nitrogens with zero attached hydrogens (tertiary/aromatic N) is 2. The Balaban J connectivity index is 2.21. The summed E-state index contributed by atoms with van der Waals surface area (Å²) >= 11 is 0. The number of amides is 1. The topological polar surface area (TPSA) is 85.4 Å². The van der Waals surface area contributed by atoms with E-state index in [1.165, 1.54) is 25.1 Å². The summed E-state index contributed by atoms with van der Waals surface area (Å²) in [5.41, 5.74) is -1.25. The molecule has 8 nitrogen and oxygen atoms in total. The summed E-state index contributed by atoms with van der Waals surface area (Å²) in [5.74, 6) is -0.829. The van der Waals surface area contributed by atoms with Crippen LogP contribution in [-0.2, 0) is 29.2 Å². The lowest BCUT2D eigenvalue weighted by Gasteiger charge is -2.52. The van der Waals surface area contributed by atoms with Crippen molar-refractivity contribution in [2.75, 3.05) is 18.8 Å². The van der Waals surface area contributed by atoms with E-state index in [-0.39, 0.29) is 10.8 Å². The van der Waals surface area contributed by atoms with Crippen molar-refractivity contribution in [2.24, 2.45) is 0 Å². The Labute approximate surface area is 184 Å². The summed E-state index contributed by atoms with van der Waals surface area (Å²) in [6.07, 6.45) is -1.58. The lowest BCUT2D eigenvalue weighted by Crippen LogP contribution is -2.67. The summed E-state index contributed by atoms with van der Waals surface area (Å²) < 4.78 is 56.3. The van der Waals surface area contributed by atoms with E-state index >= 15 is 0 Å². The van der Waals surface area contributed by atoms with Gasteiger partial charge in [-0.05, 0) is 43.6 Å². The van der Waals surface area contributed by atoms with Crippen molar-refractivity contribution in [1.82, 2.24) is 9.96 Å². The molecule has 2 atom stereocenters. The maximum atomic E-state index is 14.3. The van der Waals surface area contributed by atoms with Crippen LogP contribution in [0, 0.1) is 5.82 Å². The Hall–Kier alpha value is -1.53. The summed E-state index contributed by atoms with van der Waals surface area (Å²) in [4.78, 5) is 14.9. The summed E-state index contributed by atoms with van der Waals surface area (Å²) in [6.45, 7) is 12.5. The molecule has 2 fully saturated rings. The van der Waals surface area contributed by atoms with E-state index in [9.17, 15) is 17.6 Å². The highest BCUT2D eigenvalue weighted by Crippen LogP contribution is 2.49. The predicted molar refractivity (Wildman–Crippen MR) is 115 cm³/mol. The van der Waals surface area contributed by atoms with Gasteiger partial charge < -0.3 is 9.26 Å². The van der Waals surface area contributed by atoms with E-state index in [2.05, 4.69) is 0 Å². The van der Waals surface area contributed by atoms with Gasteiger partial charge in [-0.25, -0.2) is 13.4 Å². The quantitative estimate of drug-likeness (QED) is 0.439. The number of carbonyl (C=O) groups is 1. The number of hydrogen-bond acceptors (Lipinski definition) is 7. The number of halogens is 1. The van der Waals surface area contributed by atoms with E-state index in [1.807, 2.05) is 38.8 Å². The number of hydrogen-bond donors (Lipinski definition) is 0. The van der Waals surface area contributed by atoms with Crippen LogP contribution >= 0.6 is 0 Å². The van der Waals surface area contributed by atoms with Gasteiger partial charge in [-0.15, -0.1) is 0 Å². The molecule has 0 aromatic heterocycles. The van der Waals surface area contributed by atoms with E-state index < -0.39 is 42.3 Å². The zero-order valence-corrected chi connectivity index (χ0v) is 20.7. The number of rotatable bonds is 7. The van der Waals surface area contributed by atoms with Crippen LogP contribution in [0.25, 0.3) is 0 Å². The van der Waals surface area contributed by atoms with Crippen LogP contribution in [0.5, 0.6) is 0 Å². The van der Waals surface area contributed by atoms with Gasteiger partial charge in [-0.3, -0.25) is 4.90 Å². The number of carbonyl (C=O) groups excluding carboxylic acids is 1. The van der Waals surface area contributed by atoms with Gasteiger partial charge in [0.05, 0.1) is 5.75 Å². The fourth-order valence-corrected chi connectivity index (χ4v) is 4.82. The molecule has 2 saturated heterocycles.